The molecule has 0 radical (unpaired) electrons. The molecule has 3 heterocycles. The molecule has 0 saturated heterocycles. The van der Waals surface area contributed by atoms with Crippen LogP contribution < -0.4 is 5.32 Å². The monoisotopic (exact) mass is 327 g/mol. The smallest absolute Gasteiger partial charge is 0.234 e. The number of thioether (sulfide) groups is 1. The van der Waals surface area contributed by atoms with Gasteiger partial charge in [-0.1, -0.05) is 0 Å². The number of fused-ring (bicyclic) bond motifs is 1. The van der Waals surface area contributed by atoms with Gasteiger partial charge in [0.2, 0.25) is 5.91 Å². The summed E-state index contributed by atoms with van der Waals surface area (Å²) >= 11 is 1.47. The minimum Gasteiger partial charge on any atom is -0.324 e. The highest BCUT2D eigenvalue weighted by atomic mass is 32.2. The van der Waals surface area contributed by atoms with Crippen molar-refractivity contribution < 1.29 is 4.79 Å². The molecule has 3 aromatic rings. The normalized spacial score (nSPS) is 11.1. The van der Waals surface area contributed by atoms with Gasteiger partial charge >= 0.3 is 0 Å². The zero-order valence-electron chi connectivity index (χ0n) is 12.9. The van der Waals surface area contributed by atoms with Gasteiger partial charge in [0.1, 0.15) is 0 Å². The SMILES string of the molecule is CC(C)n1ncc2cc(NC(=O)CSc3ccncc3)cnc21. The van der Waals surface area contributed by atoms with Gasteiger partial charge in [0.25, 0.3) is 0 Å². The summed E-state index contributed by atoms with van der Waals surface area (Å²) in [6.07, 6.45) is 6.86. The highest BCUT2D eigenvalue weighted by Gasteiger charge is 2.09. The van der Waals surface area contributed by atoms with Crippen molar-refractivity contribution in [2.75, 3.05) is 11.1 Å². The Bertz CT molecular complexity index is 816. The van der Waals surface area contributed by atoms with E-state index in [9.17, 15) is 4.79 Å². The van der Waals surface area contributed by atoms with Crippen LogP contribution in [0, 0.1) is 0 Å². The number of nitrogens with zero attached hydrogens (tertiary/aromatic N) is 4. The second-order valence-electron chi connectivity index (χ2n) is 5.34. The Morgan fingerprint density at radius 2 is 2.09 bits per heavy atom. The van der Waals surface area contributed by atoms with E-state index in [1.165, 1.54) is 11.8 Å². The van der Waals surface area contributed by atoms with Gasteiger partial charge in [0, 0.05) is 28.7 Å². The van der Waals surface area contributed by atoms with Crippen molar-refractivity contribution in [1.82, 2.24) is 19.7 Å². The lowest BCUT2D eigenvalue weighted by molar-refractivity contribution is -0.113. The van der Waals surface area contributed by atoms with E-state index >= 15 is 0 Å². The van der Waals surface area contributed by atoms with Crippen molar-refractivity contribution in [3.63, 3.8) is 0 Å². The Morgan fingerprint density at radius 1 is 1.30 bits per heavy atom. The Morgan fingerprint density at radius 3 is 2.83 bits per heavy atom. The zero-order chi connectivity index (χ0) is 16.2. The molecule has 3 rings (SSSR count). The van der Waals surface area contributed by atoms with Crippen LogP contribution in [0.1, 0.15) is 19.9 Å². The fourth-order valence-electron chi connectivity index (χ4n) is 2.17. The molecular weight excluding hydrogens is 310 g/mol. The Labute approximate surface area is 138 Å². The van der Waals surface area contributed by atoms with Gasteiger partial charge in [-0.25, -0.2) is 9.67 Å². The molecule has 23 heavy (non-hydrogen) atoms. The summed E-state index contributed by atoms with van der Waals surface area (Å²) in [5.41, 5.74) is 1.50. The van der Waals surface area contributed by atoms with Crippen molar-refractivity contribution in [2.24, 2.45) is 0 Å². The zero-order valence-corrected chi connectivity index (χ0v) is 13.7. The maximum absolute atomic E-state index is 12.0. The molecule has 1 N–H and O–H groups in total. The number of aromatic nitrogens is 4. The second kappa shape index (κ2) is 6.78. The molecule has 0 fully saturated rings. The molecule has 0 aliphatic heterocycles. The first kappa shape index (κ1) is 15.5. The predicted molar refractivity (Wildman–Crippen MR) is 91.5 cm³/mol. The fraction of sp³-hybridized carbons (Fsp3) is 0.250. The summed E-state index contributed by atoms with van der Waals surface area (Å²) in [5.74, 6) is 0.275. The number of hydrogen-bond acceptors (Lipinski definition) is 5. The molecule has 0 spiro atoms. The number of nitrogens with one attached hydrogen (secondary N) is 1. The molecule has 7 heteroatoms. The van der Waals surface area contributed by atoms with Crippen LogP contribution in [0.2, 0.25) is 0 Å². The largest absolute Gasteiger partial charge is 0.324 e. The lowest BCUT2D eigenvalue weighted by Gasteiger charge is -2.07. The molecule has 1 amide bonds. The fourth-order valence-corrected chi connectivity index (χ4v) is 2.85. The summed E-state index contributed by atoms with van der Waals surface area (Å²) in [4.78, 5) is 21.4. The maximum atomic E-state index is 12.0. The van der Waals surface area contributed by atoms with E-state index in [2.05, 4.69) is 34.2 Å². The van der Waals surface area contributed by atoms with E-state index < -0.39 is 0 Å². The third-order valence-electron chi connectivity index (χ3n) is 3.23. The number of hydrogen-bond donors (Lipinski definition) is 1. The average molecular weight is 327 g/mol. The van der Waals surface area contributed by atoms with Crippen LogP contribution in [0.15, 0.2) is 47.9 Å². The minimum absolute atomic E-state index is 0.0655. The molecule has 0 aliphatic rings. The van der Waals surface area contributed by atoms with E-state index in [0.717, 1.165) is 15.9 Å². The number of pyridine rings is 2. The molecule has 118 valence electrons. The van der Waals surface area contributed by atoms with Crippen molar-refractivity contribution >= 4 is 34.4 Å². The standard InChI is InChI=1S/C16H17N5OS/c1-11(2)21-16-12(8-19-21)7-13(9-18-16)20-15(22)10-23-14-3-5-17-6-4-14/h3-9,11H,10H2,1-2H3,(H,20,22). The highest BCUT2D eigenvalue weighted by molar-refractivity contribution is 8.00. The van der Waals surface area contributed by atoms with Crippen LogP contribution in [0.4, 0.5) is 5.69 Å². The number of amides is 1. The highest BCUT2D eigenvalue weighted by Crippen LogP contribution is 2.20. The average Bonchev–Trinajstić information content (AvgIpc) is 2.97. The van der Waals surface area contributed by atoms with Crippen LogP contribution in [-0.2, 0) is 4.79 Å². The number of anilines is 1. The molecule has 6 nitrogen and oxygen atoms in total. The van der Waals surface area contributed by atoms with Gasteiger partial charge in [0.15, 0.2) is 5.65 Å². The first-order valence-electron chi connectivity index (χ1n) is 7.29. The predicted octanol–water partition coefficient (Wildman–Crippen LogP) is 3.14. The van der Waals surface area contributed by atoms with Gasteiger partial charge in [-0.3, -0.25) is 9.78 Å². The summed E-state index contributed by atoms with van der Waals surface area (Å²) in [7, 11) is 0. The first-order chi connectivity index (χ1) is 11.1. The van der Waals surface area contributed by atoms with E-state index in [1.807, 2.05) is 22.9 Å². The molecule has 0 atom stereocenters. The van der Waals surface area contributed by atoms with Gasteiger partial charge in [-0.05, 0) is 32.0 Å². The summed E-state index contributed by atoms with van der Waals surface area (Å²) in [5, 5.41) is 8.11. The third kappa shape index (κ3) is 3.68. The van der Waals surface area contributed by atoms with Gasteiger partial charge in [-0.2, -0.15) is 5.10 Å². The van der Waals surface area contributed by atoms with Crippen molar-refractivity contribution in [2.45, 2.75) is 24.8 Å². The topological polar surface area (TPSA) is 72.7 Å². The molecule has 0 aliphatic carbocycles. The lowest BCUT2D eigenvalue weighted by atomic mass is 10.3. The second-order valence-corrected chi connectivity index (χ2v) is 6.39. The van der Waals surface area contributed by atoms with Crippen LogP contribution in [0.3, 0.4) is 0 Å². The molecule has 0 bridgehead atoms. The van der Waals surface area contributed by atoms with E-state index in [4.69, 9.17) is 0 Å². The van der Waals surface area contributed by atoms with E-state index in [0.29, 0.717) is 11.4 Å². The Kier molecular flexibility index (Phi) is 4.57. The number of carbonyl (C=O) groups excluding carboxylic acids is 1. The Hall–Kier alpha value is -2.41. The van der Waals surface area contributed by atoms with Gasteiger partial charge in [-0.15, -0.1) is 11.8 Å². The van der Waals surface area contributed by atoms with Crippen LogP contribution in [-0.4, -0.2) is 31.4 Å². The molecule has 0 unspecified atom stereocenters. The third-order valence-corrected chi connectivity index (χ3v) is 4.24. The molecule has 0 saturated carbocycles. The Balaban J connectivity index is 1.65. The van der Waals surface area contributed by atoms with Crippen LogP contribution in [0.25, 0.3) is 11.0 Å². The molecule has 0 aromatic carbocycles. The van der Waals surface area contributed by atoms with Crippen molar-refractivity contribution in [3.8, 4) is 0 Å². The summed E-state index contributed by atoms with van der Waals surface area (Å²) in [6.45, 7) is 4.11. The number of carbonyl (C=O) groups is 1. The quantitative estimate of drug-likeness (QED) is 0.729. The minimum atomic E-state index is -0.0655. The van der Waals surface area contributed by atoms with Crippen LogP contribution in [0.5, 0.6) is 0 Å². The van der Waals surface area contributed by atoms with Crippen molar-refractivity contribution in [1.29, 1.82) is 0 Å². The van der Waals surface area contributed by atoms with Gasteiger partial charge < -0.3 is 5.32 Å². The number of rotatable bonds is 5. The first-order valence-corrected chi connectivity index (χ1v) is 8.28. The molecular formula is C16H17N5OS. The summed E-state index contributed by atoms with van der Waals surface area (Å²) in [6, 6.07) is 5.90. The lowest BCUT2D eigenvalue weighted by Crippen LogP contribution is -2.14. The van der Waals surface area contributed by atoms with Gasteiger partial charge in [0.05, 0.1) is 23.8 Å². The van der Waals surface area contributed by atoms with E-state index in [-0.39, 0.29) is 11.9 Å². The summed E-state index contributed by atoms with van der Waals surface area (Å²) < 4.78 is 1.86. The molecule has 3 aromatic heterocycles. The van der Waals surface area contributed by atoms with Crippen molar-refractivity contribution in [3.05, 3.63) is 43.0 Å². The maximum Gasteiger partial charge on any atom is 0.234 e. The van der Waals surface area contributed by atoms with Crippen LogP contribution >= 0.6 is 11.8 Å². The van der Waals surface area contributed by atoms with E-state index in [1.54, 1.807) is 24.8 Å².